The monoisotopic (exact) mass is 226 g/mol. The van der Waals surface area contributed by atoms with Crippen molar-refractivity contribution >= 4 is 5.91 Å². The van der Waals surface area contributed by atoms with Gasteiger partial charge in [0.2, 0.25) is 5.91 Å². The fourth-order valence-corrected chi connectivity index (χ4v) is 2.91. The Morgan fingerprint density at radius 2 is 2.12 bits per heavy atom. The number of nitrogens with zero attached hydrogens (tertiary/aromatic N) is 2. The maximum absolute atomic E-state index is 11.1. The van der Waals surface area contributed by atoms with Crippen LogP contribution in [0.5, 0.6) is 0 Å². The molecule has 2 atom stereocenters. The standard InChI is InChI=1S/C11H22N4O/c1-14-9-2-3-10(14)8-15(6-4-9)7-5-11(16)13-12/h9-10H,2-8,12H2,1H3,(H,13,16). The van der Waals surface area contributed by atoms with Gasteiger partial charge in [0.25, 0.3) is 0 Å². The smallest absolute Gasteiger partial charge is 0.235 e. The molecule has 2 bridgehead atoms. The Hall–Kier alpha value is -0.650. The second kappa shape index (κ2) is 5.12. The van der Waals surface area contributed by atoms with Gasteiger partial charge < -0.3 is 4.90 Å². The van der Waals surface area contributed by atoms with Gasteiger partial charge in [0.1, 0.15) is 0 Å². The first-order valence-electron chi connectivity index (χ1n) is 6.14. The topological polar surface area (TPSA) is 61.6 Å². The molecule has 2 unspecified atom stereocenters. The van der Waals surface area contributed by atoms with Crippen LogP contribution in [-0.4, -0.2) is 54.5 Å². The van der Waals surface area contributed by atoms with Crippen molar-refractivity contribution in [3.05, 3.63) is 0 Å². The number of amides is 1. The van der Waals surface area contributed by atoms with Crippen molar-refractivity contribution < 1.29 is 4.79 Å². The highest BCUT2D eigenvalue weighted by atomic mass is 16.2. The molecule has 2 saturated heterocycles. The quantitative estimate of drug-likeness (QED) is 0.388. The summed E-state index contributed by atoms with van der Waals surface area (Å²) in [4.78, 5) is 16.0. The molecule has 1 amide bonds. The normalized spacial score (nSPS) is 31.4. The molecule has 2 heterocycles. The minimum atomic E-state index is -0.0669. The third kappa shape index (κ3) is 2.53. The van der Waals surface area contributed by atoms with Crippen LogP contribution in [-0.2, 0) is 4.79 Å². The zero-order valence-corrected chi connectivity index (χ0v) is 9.98. The van der Waals surface area contributed by atoms with Crippen LogP contribution in [0.1, 0.15) is 25.7 Å². The van der Waals surface area contributed by atoms with Crippen LogP contribution in [0, 0.1) is 0 Å². The number of hydrazine groups is 1. The highest BCUT2D eigenvalue weighted by Gasteiger charge is 2.34. The molecule has 2 fully saturated rings. The molecule has 16 heavy (non-hydrogen) atoms. The van der Waals surface area contributed by atoms with Gasteiger partial charge in [-0.3, -0.25) is 15.1 Å². The molecule has 2 aliphatic heterocycles. The van der Waals surface area contributed by atoms with Gasteiger partial charge in [-0.15, -0.1) is 0 Å². The number of rotatable bonds is 3. The molecule has 0 saturated carbocycles. The van der Waals surface area contributed by atoms with Crippen LogP contribution >= 0.6 is 0 Å². The van der Waals surface area contributed by atoms with Crippen LogP contribution < -0.4 is 11.3 Å². The third-order valence-electron chi connectivity index (χ3n) is 4.05. The second-order valence-electron chi connectivity index (χ2n) is 4.96. The van der Waals surface area contributed by atoms with Gasteiger partial charge in [-0.1, -0.05) is 0 Å². The van der Waals surface area contributed by atoms with E-state index >= 15 is 0 Å². The van der Waals surface area contributed by atoms with E-state index in [0.29, 0.717) is 12.5 Å². The lowest BCUT2D eigenvalue weighted by atomic mass is 10.1. The lowest BCUT2D eigenvalue weighted by molar-refractivity contribution is -0.121. The van der Waals surface area contributed by atoms with Crippen molar-refractivity contribution in [2.24, 2.45) is 5.84 Å². The number of nitrogens with two attached hydrogens (primary N) is 1. The van der Waals surface area contributed by atoms with E-state index in [-0.39, 0.29) is 5.91 Å². The second-order valence-corrected chi connectivity index (χ2v) is 4.96. The number of nitrogens with one attached hydrogen (secondary N) is 1. The zero-order valence-electron chi connectivity index (χ0n) is 9.98. The fraction of sp³-hybridized carbons (Fsp3) is 0.909. The lowest BCUT2D eigenvalue weighted by Crippen LogP contribution is -2.39. The van der Waals surface area contributed by atoms with Gasteiger partial charge in [-0.25, -0.2) is 5.84 Å². The summed E-state index contributed by atoms with van der Waals surface area (Å²) in [7, 11) is 2.23. The van der Waals surface area contributed by atoms with Crippen molar-refractivity contribution in [3.8, 4) is 0 Å². The molecule has 5 heteroatoms. The summed E-state index contributed by atoms with van der Waals surface area (Å²) >= 11 is 0. The third-order valence-corrected chi connectivity index (χ3v) is 4.05. The van der Waals surface area contributed by atoms with Crippen molar-refractivity contribution in [2.75, 3.05) is 26.7 Å². The molecule has 0 radical (unpaired) electrons. The molecule has 0 aromatic carbocycles. The average Bonchev–Trinajstić information content (AvgIpc) is 2.52. The van der Waals surface area contributed by atoms with Gasteiger partial charge in [0.15, 0.2) is 0 Å². The fourth-order valence-electron chi connectivity index (χ4n) is 2.91. The van der Waals surface area contributed by atoms with Crippen molar-refractivity contribution in [1.82, 2.24) is 15.2 Å². The SMILES string of the molecule is CN1C2CCC1CN(CCC(=O)NN)CC2. The Bertz CT molecular complexity index is 258. The number of hydrogen-bond acceptors (Lipinski definition) is 4. The van der Waals surface area contributed by atoms with E-state index in [4.69, 9.17) is 5.84 Å². The number of carbonyl (C=O) groups is 1. The van der Waals surface area contributed by atoms with Crippen LogP contribution in [0.25, 0.3) is 0 Å². The Balaban J connectivity index is 1.82. The predicted octanol–water partition coefficient (Wildman–Crippen LogP) is -0.465. The molecule has 92 valence electrons. The minimum absolute atomic E-state index is 0.0669. The number of hydrogen-bond donors (Lipinski definition) is 2. The molecular formula is C11H22N4O. The highest BCUT2D eigenvalue weighted by Crippen LogP contribution is 2.28. The predicted molar refractivity (Wildman–Crippen MR) is 62.6 cm³/mol. The Labute approximate surface area is 96.9 Å². The minimum Gasteiger partial charge on any atom is -0.301 e. The van der Waals surface area contributed by atoms with Crippen LogP contribution in [0.15, 0.2) is 0 Å². The number of likely N-dealkylation sites (N-methyl/N-ethyl adjacent to an activating group) is 1. The van der Waals surface area contributed by atoms with Crippen LogP contribution in [0.4, 0.5) is 0 Å². The van der Waals surface area contributed by atoms with E-state index in [1.54, 1.807) is 0 Å². The Morgan fingerprint density at radius 3 is 2.88 bits per heavy atom. The van der Waals surface area contributed by atoms with E-state index < -0.39 is 0 Å². The van der Waals surface area contributed by atoms with Gasteiger partial charge in [-0.2, -0.15) is 0 Å². The first-order valence-corrected chi connectivity index (χ1v) is 6.14. The number of likely N-dealkylation sites (tertiary alicyclic amines) is 1. The van der Waals surface area contributed by atoms with Crippen LogP contribution in [0.3, 0.4) is 0 Å². The van der Waals surface area contributed by atoms with E-state index in [2.05, 4.69) is 22.3 Å². The van der Waals surface area contributed by atoms with E-state index in [9.17, 15) is 4.79 Å². The Morgan fingerprint density at radius 1 is 1.38 bits per heavy atom. The summed E-state index contributed by atoms with van der Waals surface area (Å²) in [5.41, 5.74) is 2.19. The van der Waals surface area contributed by atoms with Crippen molar-refractivity contribution in [2.45, 2.75) is 37.8 Å². The average molecular weight is 226 g/mol. The number of carbonyl (C=O) groups excluding carboxylic acids is 1. The van der Waals surface area contributed by atoms with E-state index in [1.807, 2.05) is 0 Å². The van der Waals surface area contributed by atoms with E-state index in [1.165, 1.54) is 19.3 Å². The first-order chi connectivity index (χ1) is 7.70. The maximum atomic E-state index is 11.1. The molecule has 0 aromatic rings. The summed E-state index contributed by atoms with van der Waals surface area (Å²) in [5, 5.41) is 0. The first kappa shape index (κ1) is 11.8. The molecule has 0 aliphatic carbocycles. The summed E-state index contributed by atoms with van der Waals surface area (Å²) in [6, 6.07) is 1.45. The molecular weight excluding hydrogens is 204 g/mol. The summed E-state index contributed by atoms with van der Waals surface area (Å²) in [6.45, 7) is 3.05. The maximum Gasteiger partial charge on any atom is 0.235 e. The summed E-state index contributed by atoms with van der Waals surface area (Å²) < 4.78 is 0. The lowest BCUT2D eigenvalue weighted by Gasteiger charge is -2.25. The molecule has 0 spiro atoms. The zero-order chi connectivity index (χ0) is 11.5. The molecule has 3 N–H and O–H groups in total. The Kier molecular flexibility index (Phi) is 3.78. The molecule has 0 aromatic heterocycles. The molecule has 2 aliphatic rings. The van der Waals surface area contributed by atoms with Crippen molar-refractivity contribution in [1.29, 1.82) is 0 Å². The van der Waals surface area contributed by atoms with Crippen molar-refractivity contribution in [3.63, 3.8) is 0 Å². The summed E-state index contributed by atoms with van der Waals surface area (Å²) in [6.07, 6.45) is 4.40. The van der Waals surface area contributed by atoms with Gasteiger partial charge in [0, 0.05) is 31.6 Å². The molecule has 5 nitrogen and oxygen atoms in total. The largest absolute Gasteiger partial charge is 0.301 e. The molecule has 2 rings (SSSR count). The summed E-state index contributed by atoms with van der Waals surface area (Å²) in [5.74, 6) is 5.01. The van der Waals surface area contributed by atoms with Gasteiger partial charge >= 0.3 is 0 Å². The van der Waals surface area contributed by atoms with Gasteiger partial charge in [0.05, 0.1) is 0 Å². The van der Waals surface area contributed by atoms with E-state index in [0.717, 1.165) is 25.7 Å². The van der Waals surface area contributed by atoms with Gasteiger partial charge in [-0.05, 0) is 32.9 Å². The van der Waals surface area contributed by atoms with Crippen LogP contribution in [0.2, 0.25) is 0 Å². The number of fused-ring (bicyclic) bond motifs is 2. The highest BCUT2D eigenvalue weighted by molar-refractivity contribution is 5.75.